The summed E-state index contributed by atoms with van der Waals surface area (Å²) in [5, 5.41) is 0. The van der Waals surface area contributed by atoms with Gasteiger partial charge in [-0.3, -0.25) is 4.90 Å². The fourth-order valence-corrected chi connectivity index (χ4v) is 5.63. The first-order chi connectivity index (χ1) is 18.9. The second kappa shape index (κ2) is 10.4. The van der Waals surface area contributed by atoms with Gasteiger partial charge >= 0.3 is 6.09 Å². The molecule has 6 rings (SSSR count). The Bertz CT molecular complexity index is 1370. The van der Waals surface area contributed by atoms with Gasteiger partial charge in [0.2, 0.25) is 11.8 Å². The SMILES string of the molecule is COc1ncc(C2CC2)cc1-c1cnc(N2CCOCC2)nc1CN1C(=O)O[C@H](c2cc(C)cc(C)c2)[C@@H]1C. The number of anilines is 1. The first-order valence-corrected chi connectivity index (χ1v) is 13.7. The minimum atomic E-state index is -0.352. The van der Waals surface area contributed by atoms with Crippen molar-refractivity contribution in [2.24, 2.45) is 0 Å². The largest absolute Gasteiger partial charge is 0.481 e. The van der Waals surface area contributed by atoms with Crippen molar-refractivity contribution in [3.63, 3.8) is 0 Å². The summed E-state index contributed by atoms with van der Waals surface area (Å²) in [6, 6.07) is 8.28. The fraction of sp³-hybridized carbons (Fsp3) is 0.467. The van der Waals surface area contributed by atoms with Gasteiger partial charge in [0, 0.05) is 36.6 Å². The Kier molecular flexibility index (Phi) is 6.85. The predicted octanol–water partition coefficient (Wildman–Crippen LogP) is 4.96. The zero-order valence-corrected chi connectivity index (χ0v) is 23.0. The van der Waals surface area contributed by atoms with Crippen LogP contribution < -0.4 is 9.64 Å². The van der Waals surface area contributed by atoms with Crippen LogP contribution in [0.1, 0.15) is 59.7 Å². The molecule has 3 fully saturated rings. The van der Waals surface area contributed by atoms with E-state index in [0.29, 0.717) is 31.0 Å². The number of morpholine rings is 1. The van der Waals surface area contributed by atoms with E-state index < -0.39 is 0 Å². The van der Waals surface area contributed by atoms with Crippen LogP contribution in [0, 0.1) is 13.8 Å². The van der Waals surface area contributed by atoms with Gasteiger partial charge in [-0.2, -0.15) is 0 Å². The van der Waals surface area contributed by atoms with E-state index >= 15 is 0 Å². The Morgan fingerprint density at radius 2 is 1.72 bits per heavy atom. The summed E-state index contributed by atoms with van der Waals surface area (Å²) in [4.78, 5) is 31.5. The minimum Gasteiger partial charge on any atom is -0.481 e. The number of carbonyl (C=O) groups excluding carboxylic acids is 1. The highest BCUT2D eigenvalue weighted by Crippen LogP contribution is 2.43. The average Bonchev–Trinajstić information content (AvgIpc) is 3.75. The molecule has 2 atom stereocenters. The number of carbonyl (C=O) groups is 1. The van der Waals surface area contributed by atoms with Crippen LogP contribution in [0.3, 0.4) is 0 Å². The molecule has 2 saturated heterocycles. The number of amides is 1. The van der Waals surface area contributed by atoms with E-state index in [0.717, 1.165) is 46.6 Å². The molecule has 0 bridgehead atoms. The highest BCUT2D eigenvalue weighted by Gasteiger charge is 2.40. The van der Waals surface area contributed by atoms with Crippen LogP contribution in [0.5, 0.6) is 5.88 Å². The van der Waals surface area contributed by atoms with Crippen LogP contribution in [0.15, 0.2) is 36.7 Å². The van der Waals surface area contributed by atoms with E-state index in [9.17, 15) is 4.79 Å². The number of hydrogen-bond acceptors (Lipinski definition) is 8. The number of hydrogen-bond donors (Lipinski definition) is 0. The lowest BCUT2D eigenvalue weighted by molar-refractivity contribution is 0.122. The molecule has 1 saturated carbocycles. The molecule has 9 nitrogen and oxygen atoms in total. The van der Waals surface area contributed by atoms with Crippen molar-refractivity contribution in [3.8, 4) is 17.0 Å². The molecule has 1 aliphatic carbocycles. The topological polar surface area (TPSA) is 89.9 Å². The Labute approximate surface area is 229 Å². The van der Waals surface area contributed by atoms with Gasteiger partial charge < -0.3 is 19.1 Å². The van der Waals surface area contributed by atoms with Crippen molar-refractivity contribution >= 4 is 12.0 Å². The van der Waals surface area contributed by atoms with E-state index in [1.54, 1.807) is 12.0 Å². The number of aryl methyl sites for hydroxylation is 2. The summed E-state index contributed by atoms with van der Waals surface area (Å²) in [5.41, 5.74) is 6.90. The third-order valence-electron chi connectivity index (χ3n) is 7.84. The maximum atomic E-state index is 13.2. The van der Waals surface area contributed by atoms with E-state index in [1.165, 1.54) is 18.4 Å². The quantitative estimate of drug-likeness (QED) is 0.424. The molecular formula is C30H35N5O4. The molecule has 2 aromatic heterocycles. The summed E-state index contributed by atoms with van der Waals surface area (Å²) in [7, 11) is 1.62. The van der Waals surface area contributed by atoms with Crippen LogP contribution in [0.4, 0.5) is 10.7 Å². The van der Waals surface area contributed by atoms with Crippen LogP contribution in [-0.4, -0.2) is 65.4 Å². The van der Waals surface area contributed by atoms with Crippen LogP contribution in [0.2, 0.25) is 0 Å². The number of aromatic nitrogens is 3. The van der Waals surface area contributed by atoms with Crippen LogP contribution in [-0.2, 0) is 16.0 Å². The second-order valence-electron chi connectivity index (χ2n) is 10.8. The standard InChI is InChI=1S/C30H35N5O4/c1-18-11-19(2)13-22(12-18)27-20(3)35(30(36)39-27)17-26-25(16-32-29(33-26)34-7-9-38-10-8-34)24-14-23(21-5-6-21)15-31-28(24)37-4/h11-16,20-21,27H,5-10,17H2,1-4H3/t20-,27-/m0/s1. The third-order valence-corrected chi connectivity index (χ3v) is 7.84. The lowest BCUT2D eigenvalue weighted by Gasteiger charge is -2.28. The van der Waals surface area contributed by atoms with Gasteiger partial charge in [0.05, 0.1) is 38.6 Å². The maximum absolute atomic E-state index is 13.2. The van der Waals surface area contributed by atoms with Gasteiger partial charge in [-0.05, 0) is 56.7 Å². The lowest BCUT2D eigenvalue weighted by Crippen LogP contribution is -2.38. The van der Waals surface area contributed by atoms with Crippen molar-refractivity contribution in [2.75, 3.05) is 38.3 Å². The molecule has 0 radical (unpaired) electrons. The molecule has 4 heterocycles. The van der Waals surface area contributed by atoms with Crippen molar-refractivity contribution in [1.82, 2.24) is 19.9 Å². The van der Waals surface area contributed by atoms with Gasteiger partial charge in [0.1, 0.15) is 6.10 Å². The van der Waals surface area contributed by atoms with Gasteiger partial charge in [-0.25, -0.2) is 19.7 Å². The number of benzene rings is 1. The zero-order valence-electron chi connectivity index (χ0n) is 23.0. The number of cyclic esters (lactones) is 1. The van der Waals surface area contributed by atoms with Gasteiger partial charge in [0.25, 0.3) is 0 Å². The monoisotopic (exact) mass is 529 g/mol. The molecule has 1 amide bonds. The normalized spacial score (nSPS) is 21.3. The van der Waals surface area contributed by atoms with Gasteiger partial charge in [-0.15, -0.1) is 0 Å². The molecule has 0 spiro atoms. The summed E-state index contributed by atoms with van der Waals surface area (Å²) >= 11 is 0. The maximum Gasteiger partial charge on any atom is 0.411 e. The molecule has 0 N–H and O–H groups in total. The summed E-state index contributed by atoms with van der Waals surface area (Å²) < 4.78 is 17.1. The van der Waals surface area contributed by atoms with E-state index in [4.69, 9.17) is 24.2 Å². The van der Waals surface area contributed by atoms with E-state index in [1.807, 2.05) is 19.3 Å². The summed E-state index contributed by atoms with van der Waals surface area (Å²) in [6.07, 6.45) is 5.39. The van der Waals surface area contributed by atoms with Crippen molar-refractivity contribution in [3.05, 3.63) is 64.6 Å². The minimum absolute atomic E-state index is 0.175. The molecule has 2 aliphatic heterocycles. The Morgan fingerprint density at radius 3 is 2.41 bits per heavy atom. The first-order valence-electron chi connectivity index (χ1n) is 13.7. The van der Waals surface area contributed by atoms with Crippen LogP contribution in [0.25, 0.3) is 11.1 Å². The number of rotatable bonds is 7. The van der Waals surface area contributed by atoms with E-state index in [-0.39, 0.29) is 24.8 Å². The Hall–Kier alpha value is -3.72. The highest BCUT2D eigenvalue weighted by atomic mass is 16.6. The number of methoxy groups -OCH3 is 1. The fourth-order valence-electron chi connectivity index (χ4n) is 5.63. The number of pyridine rings is 1. The molecule has 204 valence electrons. The second-order valence-corrected chi connectivity index (χ2v) is 10.8. The molecule has 0 unspecified atom stereocenters. The van der Waals surface area contributed by atoms with Crippen molar-refractivity contribution < 1.29 is 19.0 Å². The molecule has 39 heavy (non-hydrogen) atoms. The van der Waals surface area contributed by atoms with Gasteiger partial charge in [0.15, 0.2) is 0 Å². The highest BCUT2D eigenvalue weighted by molar-refractivity contribution is 5.74. The molecule has 3 aliphatic rings. The smallest absolute Gasteiger partial charge is 0.411 e. The first kappa shape index (κ1) is 25.6. The summed E-state index contributed by atoms with van der Waals surface area (Å²) in [5.74, 6) is 1.69. The van der Waals surface area contributed by atoms with Crippen LogP contribution >= 0.6 is 0 Å². The molecule has 3 aromatic rings. The van der Waals surface area contributed by atoms with Crippen molar-refractivity contribution in [1.29, 1.82) is 0 Å². The van der Waals surface area contributed by atoms with Crippen molar-refractivity contribution in [2.45, 2.75) is 58.2 Å². The van der Waals surface area contributed by atoms with Gasteiger partial charge in [-0.1, -0.05) is 29.3 Å². The lowest BCUT2D eigenvalue weighted by atomic mass is 9.98. The molecular weight excluding hydrogens is 494 g/mol. The Morgan fingerprint density at radius 1 is 0.974 bits per heavy atom. The zero-order chi connectivity index (χ0) is 27.1. The average molecular weight is 530 g/mol. The predicted molar refractivity (Wildman–Crippen MR) is 147 cm³/mol. The number of ether oxygens (including phenoxy) is 3. The summed E-state index contributed by atoms with van der Waals surface area (Å²) in [6.45, 7) is 9.15. The molecule has 9 heteroatoms. The molecule has 1 aromatic carbocycles. The third kappa shape index (κ3) is 5.15. The van der Waals surface area contributed by atoms with E-state index in [2.05, 4.69) is 48.0 Å². The Balaban J connectivity index is 1.38. The number of nitrogens with zero attached hydrogens (tertiary/aromatic N) is 5.